The van der Waals surface area contributed by atoms with Crippen molar-refractivity contribution in [2.24, 2.45) is 5.73 Å². The molecule has 5 heteroatoms. The van der Waals surface area contributed by atoms with Gasteiger partial charge < -0.3 is 15.4 Å². The van der Waals surface area contributed by atoms with Crippen molar-refractivity contribution in [3.8, 4) is 0 Å². The van der Waals surface area contributed by atoms with Gasteiger partial charge in [-0.1, -0.05) is 11.6 Å². The average molecular weight is 255 g/mol. The molecule has 0 radical (unpaired) electrons. The smallest absolute Gasteiger partial charge is 0.254 e. The van der Waals surface area contributed by atoms with Crippen LogP contribution >= 0.6 is 11.6 Å². The largest absolute Gasteiger partial charge is 0.377 e. The summed E-state index contributed by atoms with van der Waals surface area (Å²) in [5, 5.41) is 0.624. The number of amides is 1. The molecule has 1 aromatic carbocycles. The first kappa shape index (κ1) is 12.4. The van der Waals surface area contributed by atoms with Crippen molar-refractivity contribution < 1.29 is 9.53 Å². The lowest BCUT2D eigenvalue weighted by molar-refractivity contribution is 0.000841. The van der Waals surface area contributed by atoms with Crippen LogP contribution in [0.1, 0.15) is 10.4 Å². The zero-order valence-corrected chi connectivity index (χ0v) is 10.2. The Hall–Kier alpha value is -1.10. The quantitative estimate of drug-likeness (QED) is 0.861. The van der Waals surface area contributed by atoms with E-state index in [4.69, 9.17) is 22.1 Å². The predicted molar refractivity (Wildman–Crippen MR) is 66.1 cm³/mol. The lowest BCUT2D eigenvalue weighted by atomic mass is 10.1. The maximum absolute atomic E-state index is 12.3. The molecule has 1 atom stereocenters. The first-order valence-electron chi connectivity index (χ1n) is 5.56. The van der Waals surface area contributed by atoms with E-state index in [1.165, 1.54) is 0 Å². The molecule has 4 nitrogen and oxygen atoms in total. The van der Waals surface area contributed by atoms with Crippen molar-refractivity contribution in [2.45, 2.75) is 6.04 Å². The van der Waals surface area contributed by atoms with Gasteiger partial charge in [-0.05, 0) is 24.3 Å². The Labute approximate surface area is 105 Å². The molecule has 1 unspecified atom stereocenters. The van der Waals surface area contributed by atoms with Gasteiger partial charge in [0.25, 0.3) is 5.91 Å². The summed E-state index contributed by atoms with van der Waals surface area (Å²) in [6.45, 7) is 2.08. The Bertz CT molecular complexity index is 394. The zero-order valence-electron chi connectivity index (χ0n) is 9.43. The highest BCUT2D eigenvalue weighted by atomic mass is 35.5. The molecule has 0 spiro atoms. The minimum Gasteiger partial charge on any atom is -0.377 e. The third-order valence-corrected chi connectivity index (χ3v) is 3.10. The number of carbonyl (C=O) groups is 1. The van der Waals surface area contributed by atoms with Gasteiger partial charge in [-0.2, -0.15) is 0 Å². The van der Waals surface area contributed by atoms with Crippen LogP contribution in [0.3, 0.4) is 0 Å². The monoisotopic (exact) mass is 254 g/mol. The summed E-state index contributed by atoms with van der Waals surface area (Å²) in [6.07, 6.45) is 0. The molecule has 2 N–H and O–H groups in total. The number of carbonyl (C=O) groups excluding carboxylic acids is 1. The van der Waals surface area contributed by atoms with E-state index in [-0.39, 0.29) is 11.9 Å². The second kappa shape index (κ2) is 5.49. The highest BCUT2D eigenvalue weighted by Crippen LogP contribution is 2.14. The molecule has 2 rings (SSSR count). The predicted octanol–water partition coefficient (Wildman–Crippen LogP) is 1.14. The second-order valence-electron chi connectivity index (χ2n) is 3.97. The van der Waals surface area contributed by atoms with E-state index in [0.717, 1.165) is 0 Å². The van der Waals surface area contributed by atoms with Gasteiger partial charge in [-0.3, -0.25) is 4.79 Å². The summed E-state index contributed by atoms with van der Waals surface area (Å²) in [4.78, 5) is 14.0. The number of benzene rings is 1. The fourth-order valence-corrected chi connectivity index (χ4v) is 2.00. The molecular formula is C12H15ClN2O2. The van der Waals surface area contributed by atoms with Gasteiger partial charge in [0.1, 0.15) is 0 Å². The molecule has 0 aromatic heterocycles. The third-order valence-electron chi connectivity index (χ3n) is 2.85. The number of morpholine rings is 1. The summed E-state index contributed by atoms with van der Waals surface area (Å²) in [5.41, 5.74) is 6.27. The van der Waals surface area contributed by atoms with Crippen molar-refractivity contribution in [1.29, 1.82) is 0 Å². The maximum atomic E-state index is 12.3. The lowest BCUT2D eigenvalue weighted by Gasteiger charge is -2.34. The molecule has 1 aliphatic heterocycles. The maximum Gasteiger partial charge on any atom is 0.254 e. The van der Waals surface area contributed by atoms with Crippen LogP contribution in [-0.2, 0) is 4.74 Å². The summed E-state index contributed by atoms with van der Waals surface area (Å²) in [5.74, 6) is -0.0135. The second-order valence-corrected chi connectivity index (χ2v) is 4.41. The number of hydrogen-bond acceptors (Lipinski definition) is 3. The van der Waals surface area contributed by atoms with Crippen LogP contribution in [0.25, 0.3) is 0 Å². The first-order valence-corrected chi connectivity index (χ1v) is 5.94. The van der Waals surface area contributed by atoms with Crippen molar-refractivity contribution in [2.75, 3.05) is 26.3 Å². The number of nitrogens with zero attached hydrogens (tertiary/aromatic N) is 1. The fourth-order valence-electron chi connectivity index (χ4n) is 1.88. The Morgan fingerprint density at radius 1 is 1.47 bits per heavy atom. The highest BCUT2D eigenvalue weighted by Gasteiger charge is 2.26. The molecule has 1 amide bonds. The number of hydrogen-bond donors (Lipinski definition) is 1. The van der Waals surface area contributed by atoms with Crippen LogP contribution in [0, 0.1) is 0 Å². The number of nitrogens with two attached hydrogens (primary N) is 1. The van der Waals surface area contributed by atoms with Crippen LogP contribution in [0.2, 0.25) is 5.02 Å². The van der Waals surface area contributed by atoms with Gasteiger partial charge in [0.2, 0.25) is 0 Å². The van der Waals surface area contributed by atoms with E-state index in [0.29, 0.717) is 36.9 Å². The highest BCUT2D eigenvalue weighted by molar-refractivity contribution is 6.30. The van der Waals surface area contributed by atoms with Gasteiger partial charge in [0.15, 0.2) is 0 Å². The Kier molecular flexibility index (Phi) is 3.99. The van der Waals surface area contributed by atoms with Gasteiger partial charge in [-0.15, -0.1) is 0 Å². The van der Waals surface area contributed by atoms with Crippen molar-refractivity contribution >= 4 is 17.5 Å². The van der Waals surface area contributed by atoms with Gasteiger partial charge in [-0.25, -0.2) is 0 Å². The van der Waals surface area contributed by atoms with Gasteiger partial charge in [0, 0.05) is 23.7 Å². The average Bonchev–Trinajstić information content (AvgIpc) is 2.39. The summed E-state index contributed by atoms with van der Waals surface area (Å²) < 4.78 is 5.31. The van der Waals surface area contributed by atoms with E-state index in [1.54, 1.807) is 29.2 Å². The van der Waals surface area contributed by atoms with Crippen LogP contribution in [-0.4, -0.2) is 43.2 Å². The van der Waals surface area contributed by atoms with E-state index in [1.807, 2.05) is 0 Å². The molecule has 0 aliphatic carbocycles. The van der Waals surface area contributed by atoms with Crippen LogP contribution in [0.15, 0.2) is 24.3 Å². The molecular weight excluding hydrogens is 240 g/mol. The van der Waals surface area contributed by atoms with Gasteiger partial charge in [0.05, 0.1) is 19.3 Å². The Morgan fingerprint density at radius 3 is 2.82 bits per heavy atom. The number of halogens is 1. The van der Waals surface area contributed by atoms with Gasteiger partial charge >= 0.3 is 0 Å². The molecule has 17 heavy (non-hydrogen) atoms. The standard InChI is InChI=1S/C12H15ClN2O2/c13-10-3-1-9(2-4-10)12(16)15-5-6-17-8-11(15)7-14/h1-4,11H,5-8,14H2. The number of rotatable bonds is 2. The van der Waals surface area contributed by atoms with Crippen molar-refractivity contribution in [3.05, 3.63) is 34.9 Å². The molecule has 1 fully saturated rings. The number of ether oxygens (including phenoxy) is 1. The summed E-state index contributed by atoms with van der Waals surface area (Å²) in [7, 11) is 0. The third kappa shape index (κ3) is 2.77. The molecule has 1 saturated heterocycles. The topological polar surface area (TPSA) is 55.6 Å². The van der Waals surface area contributed by atoms with Crippen LogP contribution in [0.4, 0.5) is 0 Å². The van der Waals surface area contributed by atoms with E-state index >= 15 is 0 Å². The molecule has 92 valence electrons. The lowest BCUT2D eigenvalue weighted by Crippen LogP contribution is -2.52. The van der Waals surface area contributed by atoms with E-state index in [9.17, 15) is 4.79 Å². The minimum atomic E-state index is -0.0353. The van der Waals surface area contributed by atoms with E-state index < -0.39 is 0 Å². The molecule has 1 aromatic rings. The summed E-state index contributed by atoms with van der Waals surface area (Å²) >= 11 is 5.79. The van der Waals surface area contributed by atoms with Crippen LogP contribution < -0.4 is 5.73 Å². The SMILES string of the molecule is NCC1COCCN1C(=O)c1ccc(Cl)cc1. The van der Waals surface area contributed by atoms with E-state index in [2.05, 4.69) is 0 Å². The molecule has 1 heterocycles. The molecule has 0 bridgehead atoms. The normalized spacial score (nSPS) is 20.4. The van der Waals surface area contributed by atoms with Crippen molar-refractivity contribution in [1.82, 2.24) is 4.90 Å². The molecule has 1 aliphatic rings. The van der Waals surface area contributed by atoms with Crippen molar-refractivity contribution in [3.63, 3.8) is 0 Å². The Morgan fingerprint density at radius 2 is 2.18 bits per heavy atom. The first-order chi connectivity index (χ1) is 8.22. The Balaban J connectivity index is 2.15. The zero-order chi connectivity index (χ0) is 12.3. The molecule has 0 saturated carbocycles. The summed E-state index contributed by atoms with van der Waals surface area (Å²) in [6, 6.07) is 6.85. The fraction of sp³-hybridized carbons (Fsp3) is 0.417. The minimum absolute atomic E-state index is 0.0135. The van der Waals surface area contributed by atoms with Crippen LogP contribution in [0.5, 0.6) is 0 Å².